The van der Waals surface area contributed by atoms with Crippen LogP contribution in [-0.4, -0.2) is 38.3 Å². The third-order valence-corrected chi connectivity index (χ3v) is 5.59. The van der Waals surface area contributed by atoms with Crippen LogP contribution >= 0.6 is 22.9 Å². The predicted molar refractivity (Wildman–Crippen MR) is 86.9 cm³/mol. The first-order valence-corrected chi connectivity index (χ1v) is 8.96. The van der Waals surface area contributed by atoms with Gasteiger partial charge in [-0.1, -0.05) is 29.8 Å². The van der Waals surface area contributed by atoms with Gasteiger partial charge >= 0.3 is 0 Å². The van der Waals surface area contributed by atoms with Crippen LogP contribution in [0.1, 0.15) is 5.69 Å². The summed E-state index contributed by atoms with van der Waals surface area (Å²) in [7, 11) is -0.409. The fourth-order valence-corrected chi connectivity index (χ4v) is 3.41. The third-order valence-electron chi connectivity index (χ3n) is 2.80. The summed E-state index contributed by atoms with van der Waals surface area (Å²) in [6, 6.07) is 7.52. The van der Waals surface area contributed by atoms with E-state index in [0.29, 0.717) is 18.0 Å². The van der Waals surface area contributed by atoms with Crippen molar-refractivity contribution in [2.45, 2.75) is 6.42 Å². The molecule has 0 fully saturated rings. The highest BCUT2D eigenvalue weighted by molar-refractivity contribution is 7.87. The molecule has 0 amide bonds. The lowest BCUT2D eigenvalue weighted by molar-refractivity contribution is 0.506. The van der Waals surface area contributed by atoms with E-state index < -0.39 is 10.2 Å². The van der Waals surface area contributed by atoms with Crippen molar-refractivity contribution in [3.63, 3.8) is 0 Å². The van der Waals surface area contributed by atoms with Gasteiger partial charge in [-0.05, 0) is 6.07 Å². The smallest absolute Gasteiger partial charge is 0.241 e. The fourth-order valence-electron chi connectivity index (χ4n) is 1.62. The van der Waals surface area contributed by atoms with Gasteiger partial charge < -0.3 is 0 Å². The maximum Gasteiger partial charge on any atom is 0.278 e. The van der Waals surface area contributed by atoms with Crippen molar-refractivity contribution >= 4 is 33.1 Å². The zero-order valence-electron chi connectivity index (χ0n) is 11.7. The minimum atomic E-state index is -3.38. The first kappa shape index (κ1) is 16.4. The van der Waals surface area contributed by atoms with E-state index in [9.17, 15) is 8.42 Å². The number of nitrogens with one attached hydrogen (secondary N) is 1. The average molecular weight is 346 g/mol. The molecule has 114 valence electrons. The van der Waals surface area contributed by atoms with Crippen LogP contribution in [0.2, 0.25) is 5.02 Å². The Hall–Kier alpha value is -0.990. The summed E-state index contributed by atoms with van der Waals surface area (Å²) in [5, 5.41) is 3.42. The molecular weight excluding hydrogens is 330 g/mol. The summed E-state index contributed by atoms with van der Waals surface area (Å²) >= 11 is 7.63. The Bertz CT molecular complexity index is 714. The van der Waals surface area contributed by atoms with Crippen molar-refractivity contribution in [3.8, 4) is 10.6 Å². The van der Waals surface area contributed by atoms with Crippen molar-refractivity contribution in [2.75, 3.05) is 20.6 Å². The summed E-state index contributed by atoms with van der Waals surface area (Å²) in [5.74, 6) is 0. The third kappa shape index (κ3) is 4.24. The van der Waals surface area contributed by atoms with Crippen molar-refractivity contribution in [2.24, 2.45) is 0 Å². The quantitative estimate of drug-likeness (QED) is 0.874. The number of halogens is 1. The molecule has 1 aromatic carbocycles. The summed E-state index contributed by atoms with van der Waals surface area (Å²) in [6.45, 7) is 0.312. The van der Waals surface area contributed by atoms with E-state index in [-0.39, 0.29) is 0 Å². The average Bonchev–Trinajstić information content (AvgIpc) is 2.87. The Morgan fingerprint density at radius 1 is 1.33 bits per heavy atom. The Labute approximate surface area is 133 Å². The molecule has 0 radical (unpaired) electrons. The predicted octanol–water partition coefficient (Wildman–Crippen LogP) is 2.40. The normalized spacial score (nSPS) is 12.0. The zero-order chi connectivity index (χ0) is 15.5. The van der Waals surface area contributed by atoms with Crippen LogP contribution in [0.4, 0.5) is 0 Å². The summed E-state index contributed by atoms with van der Waals surface area (Å²) < 4.78 is 26.8. The first-order chi connectivity index (χ1) is 9.90. The van der Waals surface area contributed by atoms with E-state index in [1.807, 2.05) is 29.6 Å². The van der Waals surface area contributed by atoms with Crippen LogP contribution in [-0.2, 0) is 16.6 Å². The highest BCUT2D eigenvalue weighted by Crippen LogP contribution is 2.30. The second-order valence-corrected chi connectivity index (χ2v) is 7.79. The molecule has 0 unspecified atom stereocenters. The second kappa shape index (κ2) is 6.85. The summed E-state index contributed by atoms with van der Waals surface area (Å²) in [4.78, 5) is 4.49. The molecule has 2 aromatic rings. The molecule has 1 heterocycles. The van der Waals surface area contributed by atoms with Gasteiger partial charge in [-0.2, -0.15) is 12.7 Å². The van der Waals surface area contributed by atoms with Crippen molar-refractivity contribution in [1.29, 1.82) is 0 Å². The Kier molecular flexibility index (Phi) is 5.34. The SMILES string of the molecule is CN(C)S(=O)(=O)NCCc1csc(-c2ccccc2Cl)n1. The molecule has 0 saturated carbocycles. The molecule has 8 heteroatoms. The van der Waals surface area contributed by atoms with Crippen molar-refractivity contribution in [1.82, 2.24) is 14.0 Å². The van der Waals surface area contributed by atoms with E-state index in [2.05, 4.69) is 9.71 Å². The molecule has 0 saturated heterocycles. The molecule has 1 N–H and O–H groups in total. The standard InChI is InChI=1S/C13H16ClN3O2S2/c1-17(2)21(18,19)15-8-7-10-9-20-13(16-10)11-5-3-4-6-12(11)14/h3-6,9,15H,7-8H2,1-2H3. The van der Waals surface area contributed by atoms with Crippen molar-refractivity contribution in [3.05, 3.63) is 40.4 Å². The van der Waals surface area contributed by atoms with Gasteiger partial charge in [-0.15, -0.1) is 11.3 Å². The number of rotatable bonds is 6. The highest BCUT2D eigenvalue weighted by atomic mass is 35.5. The number of thiazole rings is 1. The van der Waals surface area contributed by atoms with Crippen LogP contribution in [0.25, 0.3) is 10.6 Å². The zero-order valence-corrected chi connectivity index (χ0v) is 14.1. The van der Waals surface area contributed by atoms with E-state index >= 15 is 0 Å². The van der Waals surface area contributed by atoms with Crippen LogP contribution in [0.5, 0.6) is 0 Å². The van der Waals surface area contributed by atoms with Crippen LogP contribution in [0.3, 0.4) is 0 Å². The number of aromatic nitrogens is 1. The van der Waals surface area contributed by atoms with E-state index in [4.69, 9.17) is 11.6 Å². The summed E-state index contributed by atoms with van der Waals surface area (Å²) in [5.41, 5.74) is 1.74. The van der Waals surface area contributed by atoms with Gasteiger partial charge in [0.05, 0.1) is 10.7 Å². The highest BCUT2D eigenvalue weighted by Gasteiger charge is 2.13. The minimum absolute atomic E-state index is 0.312. The lowest BCUT2D eigenvalue weighted by atomic mass is 10.2. The molecular formula is C13H16ClN3O2S2. The molecule has 0 atom stereocenters. The maximum atomic E-state index is 11.6. The Balaban J connectivity index is 2.00. The Morgan fingerprint density at radius 2 is 2.05 bits per heavy atom. The Morgan fingerprint density at radius 3 is 2.71 bits per heavy atom. The molecule has 0 aliphatic heterocycles. The molecule has 21 heavy (non-hydrogen) atoms. The van der Waals surface area contributed by atoms with E-state index in [1.165, 1.54) is 25.4 Å². The minimum Gasteiger partial charge on any atom is -0.241 e. The van der Waals surface area contributed by atoms with Gasteiger partial charge in [0.1, 0.15) is 5.01 Å². The number of benzene rings is 1. The molecule has 0 aliphatic rings. The lowest BCUT2D eigenvalue weighted by Crippen LogP contribution is -2.36. The molecule has 0 bridgehead atoms. The van der Waals surface area contributed by atoms with Crippen molar-refractivity contribution < 1.29 is 8.42 Å². The fraction of sp³-hybridized carbons (Fsp3) is 0.308. The van der Waals surface area contributed by atoms with Crippen LogP contribution in [0, 0.1) is 0 Å². The molecule has 0 spiro atoms. The van der Waals surface area contributed by atoms with Gasteiger partial charge in [0, 0.05) is 38.0 Å². The van der Waals surface area contributed by atoms with Gasteiger partial charge in [0.2, 0.25) is 0 Å². The summed E-state index contributed by atoms with van der Waals surface area (Å²) in [6.07, 6.45) is 0.536. The van der Waals surface area contributed by atoms with Gasteiger partial charge in [-0.3, -0.25) is 0 Å². The largest absolute Gasteiger partial charge is 0.278 e. The second-order valence-electron chi connectivity index (χ2n) is 4.56. The number of nitrogens with zero attached hydrogens (tertiary/aromatic N) is 2. The maximum absolute atomic E-state index is 11.6. The lowest BCUT2D eigenvalue weighted by Gasteiger charge is -2.11. The van der Waals surface area contributed by atoms with E-state index in [0.717, 1.165) is 20.6 Å². The van der Waals surface area contributed by atoms with E-state index in [1.54, 1.807) is 0 Å². The van der Waals surface area contributed by atoms with Gasteiger partial charge in [0.25, 0.3) is 10.2 Å². The first-order valence-electron chi connectivity index (χ1n) is 6.26. The molecule has 0 aliphatic carbocycles. The van der Waals surface area contributed by atoms with Gasteiger partial charge in [0.15, 0.2) is 0 Å². The topological polar surface area (TPSA) is 62.3 Å². The molecule has 5 nitrogen and oxygen atoms in total. The van der Waals surface area contributed by atoms with Crippen LogP contribution < -0.4 is 4.72 Å². The monoisotopic (exact) mass is 345 g/mol. The number of hydrogen-bond donors (Lipinski definition) is 1. The van der Waals surface area contributed by atoms with Gasteiger partial charge in [-0.25, -0.2) is 9.71 Å². The number of hydrogen-bond acceptors (Lipinski definition) is 4. The molecule has 1 aromatic heterocycles. The van der Waals surface area contributed by atoms with Crippen LogP contribution in [0.15, 0.2) is 29.6 Å². The molecule has 2 rings (SSSR count).